The lowest BCUT2D eigenvalue weighted by atomic mass is 10.1. The van der Waals surface area contributed by atoms with Crippen molar-refractivity contribution >= 4 is 35.4 Å². The second-order valence-corrected chi connectivity index (χ2v) is 5.45. The second kappa shape index (κ2) is 5.61. The van der Waals surface area contributed by atoms with Crippen LogP contribution in [0.3, 0.4) is 0 Å². The molecule has 1 aromatic heterocycles. The van der Waals surface area contributed by atoms with E-state index >= 15 is 0 Å². The van der Waals surface area contributed by atoms with Gasteiger partial charge in [-0.15, -0.1) is 11.8 Å². The maximum atomic E-state index is 11.9. The zero-order valence-electron chi connectivity index (χ0n) is 11.7. The Balaban J connectivity index is 2.13. The van der Waals surface area contributed by atoms with Gasteiger partial charge in [0.25, 0.3) is 0 Å². The Morgan fingerprint density at radius 1 is 1.29 bits per heavy atom. The molecule has 106 valence electrons. The van der Waals surface area contributed by atoms with Gasteiger partial charge in [-0.2, -0.15) is 0 Å². The molecule has 1 aromatic carbocycles. The number of carbonyl (C=O) groups excluding carboxylic acids is 1. The normalized spacial score (nSPS) is 15.8. The number of benzene rings is 1. The van der Waals surface area contributed by atoms with E-state index in [4.69, 9.17) is 4.74 Å². The average molecular weight is 298 g/mol. The molecular weight excluding hydrogens is 284 g/mol. The third kappa shape index (κ3) is 2.64. The number of aromatic nitrogens is 1. The fourth-order valence-corrected chi connectivity index (χ4v) is 2.59. The molecule has 0 fully saturated rings. The third-order valence-corrected chi connectivity index (χ3v) is 3.99. The molecule has 1 aliphatic rings. The number of ether oxygens (including phenoxy) is 1. The molecule has 0 N–H and O–H groups in total. The first-order chi connectivity index (χ1) is 10.2. The standard InChI is InChI=1S/C16H14N2O2S/c1-18-14-7-6-12(21-2)10-13(14)15(20-16(18)19)9-11-5-3-4-8-17-11/h3-10H,1-2H3/b15-9-. The lowest BCUT2D eigenvalue weighted by Crippen LogP contribution is -2.31. The fraction of sp³-hybridized carbons (Fsp3) is 0.125. The monoisotopic (exact) mass is 298 g/mol. The van der Waals surface area contributed by atoms with Crippen LogP contribution in [0, 0.1) is 0 Å². The van der Waals surface area contributed by atoms with Gasteiger partial charge in [0, 0.05) is 29.8 Å². The summed E-state index contributed by atoms with van der Waals surface area (Å²) >= 11 is 1.65. The number of cyclic esters (lactones) is 1. The maximum absolute atomic E-state index is 11.9. The number of anilines is 1. The van der Waals surface area contributed by atoms with Crippen LogP contribution in [-0.4, -0.2) is 24.4 Å². The Kier molecular flexibility index (Phi) is 3.66. The van der Waals surface area contributed by atoms with E-state index in [-0.39, 0.29) is 6.09 Å². The molecular formula is C16H14N2O2S. The SMILES string of the molecule is CSc1ccc2c(c1)/C(=C/c1ccccn1)OC(=O)N2C. The second-order valence-electron chi connectivity index (χ2n) is 4.57. The summed E-state index contributed by atoms with van der Waals surface area (Å²) < 4.78 is 5.43. The van der Waals surface area contributed by atoms with E-state index in [2.05, 4.69) is 4.98 Å². The third-order valence-electron chi connectivity index (χ3n) is 3.27. The van der Waals surface area contributed by atoms with Crippen LogP contribution in [0.5, 0.6) is 0 Å². The van der Waals surface area contributed by atoms with E-state index in [1.807, 2.05) is 42.7 Å². The Morgan fingerprint density at radius 3 is 2.86 bits per heavy atom. The van der Waals surface area contributed by atoms with Gasteiger partial charge in [0.15, 0.2) is 0 Å². The van der Waals surface area contributed by atoms with Crippen LogP contribution < -0.4 is 4.90 Å². The molecule has 0 radical (unpaired) electrons. The highest BCUT2D eigenvalue weighted by Crippen LogP contribution is 2.36. The van der Waals surface area contributed by atoms with E-state index in [0.717, 1.165) is 21.8 Å². The summed E-state index contributed by atoms with van der Waals surface area (Å²) in [5.41, 5.74) is 2.49. The molecule has 5 heteroatoms. The lowest BCUT2D eigenvalue weighted by Gasteiger charge is -2.27. The number of fused-ring (bicyclic) bond motifs is 1. The number of rotatable bonds is 2. The Labute approximate surface area is 127 Å². The lowest BCUT2D eigenvalue weighted by molar-refractivity contribution is 0.199. The van der Waals surface area contributed by atoms with Crippen LogP contribution in [-0.2, 0) is 4.74 Å². The predicted molar refractivity (Wildman–Crippen MR) is 85.2 cm³/mol. The van der Waals surface area contributed by atoms with Crippen molar-refractivity contribution in [2.24, 2.45) is 0 Å². The van der Waals surface area contributed by atoms with Gasteiger partial charge in [0.1, 0.15) is 5.76 Å². The van der Waals surface area contributed by atoms with Crippen molar-refractivity contribution in [2.75, 3.05) is 18.2 Å². The number of thioether (sulfide) groups is 1. The van der Waals surface area contributed by atoms with Crippen molar-refractivity contribution in [3.8, 4) is 0 Å². The fourth-order valence-electron chi connectivity index (χ4n) is 2.15. The van der Waals surface area contributed by atoms with Crippen molar-refractivity contribution in [3.63, 3.8) is 0 Å². The van der Waals surface area contributed by atoms with Gasteiger partial charge in [0.2, 0.25) is 0 Å². The number of hydrogen-bond acceptors (Lipinski definition) is 4. The van der Waals surface area contributed by atoms with Crippen molar-refractivity contribution < 1.29 is 9.53 Å². The highest BCUT2D eigenvalue weighted by molar-refractivity contribution is 7.98. The van der Waals surface area contributed by atoms with Gasteiger partial charge < -0.3 is 4.74 Å². The van der Waals surface area contributed by atoms with Gasteiger partial charge in [-0.3, -0.25) is 9.88 Å². The summed E-state index contributed by atoms with van der Waals surface area (Å²) in [5, 5.41) is 0. The average Bonchev–Trinajstić information content (AvgIpc) is 2.53. The summed E-state index contributed by atoms with van der Waals surface area (Å²) in [6, 6.07) is 11.6. The molecule has 21 heavy (non-hydrogen) atoms. The van der Waals surface area contributed by atoms with E-state index in [1.165, 1.54) is 4.90 Å². The minimum Gasteiger partial charge on any atom is -0.409 e. The largest absolute Gasteiger partial charge is 0.419 e. The van der Waals surface area contributed by atoms with Gasteiger partial charge in [-0.1, -0.05) is 6.07 Å². The van der Waals surface area contributed by atoms with E-state index in [1.54, 1.807) is 31.1 Å². The van der Waals surface area contributed by atoms with Crippen molar-refractivity contribution in [1.29, 1.82) is 0 Å². The van der Waals surface area contributed by atoms with Crippen molar-refractivity contribution in [3.05, 3.63) is 53.9 Å². The molecule has 0 unspecified atom stereocenters. The van der Waals surface area contributed by atoms with Gasteiger partial charge in [0.05, 0.1) is 11.4 Å². The first-order valence-electron chi connectivity index (χ1n) is 6.46. The predicted octanol–water partition coefficient (Wildman–Crippen LogP) is 3.89. The number of nitrogens with zero attached hydrogens (tertiary/aromatic N) is 2. The maximum Gasteiger partial charge on any atom is 0.419 e. The van der Waals surface area contributed by atoms with Gasteiger partial charge >= 0.3 is 6.09 Å². The molecule has 0 atom stereocenters. The van der Waals surface area contributed by atoms with Crippen LogP contribution in [0.25, 0.3) is 11.8 Å². The van der Waals surface area contributed by atoms with E-state index in [0.29, 0.717) is 5.76 Å². The summed E-state index contributed by atoms with van der Waals surface area (Å²) in [5.74, 6) is 0.530. The Morgan fingerprint density at radius 2 is 2.14 bits per heavy atom. The van der Waals surface area contributed by atoms with Crippen LogP contribution in [0.4, 0.5) is 10.5 Å². The molecule has 2 heterocycles. The van der Waals surface area contributed by atoms with Crippen LogP contribution in [0.15, 0.2) is 47.5 Å². The summed E-state index contributed by atoms with van der Waals surface area (Å²) in [4.78, 5) is 18.8. The van der Waals surface area contributed by atoms with Crippen LogP contribution in [0.1, 0.15) is 11.3 Å². The summed E-state index contributed by atoms with van der Waals surface area (Å²) in [7, 11) is 1.71. The molecule has 0 aliphatic carbocycles. The zero-order valence-corrected chi connectivity index (χ0v) is 12.6. The zero-order chi connectivity index (χ0) is 14.8. The van der Waals surface area contributed by atoms with Gasteiger partial charge in [-0.25, -0.2) is 4.79 Å². The quantitative estimate of drug-likeness (QED) is 0.789. The Bertz CT molecular complexity index is 713. The number of hydrogen-bond donors (Lipinski definition) is 0. The van der Waals surface area contributed by atoms with Gasteiger partial charge in [-0.05, 0) is 36.6 Å². The molecule has 0 saturated carbocycles. The molecule has 0 spiro atoms. The molecule has 3 rings (SSSR count). The first kappa shape index (κ1) is 13.7. The van der Waals surface area contributed by atoms with E-state index < -0.39 is 0 Å². The smallest absolute Gasteiger partial charge is 0.409 e. The summed E-state index contributed by atoms with van der Waals surface area (Å²) in [6.07, 6.45) is 5.13. The summed E-state index contributed by atoms with van der Waals surface area (Å²) in [6.45, 7) is 0. The highest BCUT2D eigenvalue weighted by atomic mass is 32.2. The van der Waals surface area contributed by atoms with Crippen molar-refractivity contribution in [1.82, 2.24) is 4.98 Å². The number of pyridine rings is 1. The molecule has 4 nitrogen and oxygen atoms in total. The molecule has 1 aliphatic heterocycles. The number of amides is 1. The highest BCUT2D eigenvalue weighted by Gasteiger charge is 2.26. The minimum atomic E-state index is -0.387. The van der Waals surface area contributed by atoms with E-state index in [9.17, 15) is 4.79 Å². The number of carbonyl (C=O) groups is 1. The Hall–Kier alpha value is -2.27. The topological polar surface area (TPSA) is 42.4 Å². The van der Waals surface area contributed by atoms with Crippen LogP contribution >= 0.6 is 11.8 Å². The van der Waals surface area contributed by atoms with Crippen LogP contribution in [0.2, 0.25) is 0 Å². The molecule has 0 bridgehead atoms. The minimum absolute atomic E-state index is 0.387. The van der Waals surface area contributed by atoms with Crippen molar-refractivity contribution in [2.45, 2.75) is 4.90 Å². The molecule has 1 amide bonds. The first-order valence-corrected chi connectivity index (χ1v) is 7.68. The molecule has 0 saturated heterocycles. The molecule has 2 aromatic rings.